The molecule has 154 valence electrons. The second-order valence-corrected chi connectivity index (χ2v) is 8.55. The summed E-state index contributed by atoms with van der Waals surface area (Å²) < 4.78 is 11.5. The monoisotopic (exact) mass is 387 g/mol. The lowest BCUT2D eigenvalue weighted by Crippen LogP contribution is -2.62. The van der Waals surface area contributed by atoms with Crippen molar-refractivity contribution >= 4 is 6.03 Å². The van der Waals surface area contributed by atoms with Crippen LogP contribution in [0.2, 0.25) is 0 Å². The Hall–Kier alpha value is -1.79. The van der Waals surface area contributed by atoms with E-state index in [4.69, 9.17) is 9.47 Å². The minimum Gasteiger partial charge on any atom is -0.497 e. The molecule has 0 bridgehead atoms. The molecule has 2 amide bonds. The van der Waals surface area contributed by atoms with Gasteiger partial charge in [-0.2, -0.15) is 0 Å². The number of carbonyl (C=O) groups excluding carboxylic acids is 1. The molecular weight excluding hydrogens is 354 g/mol. The van der Waals surface area contributed by atoms with Gasteiger partial charge in [-0.25, -0.2) is 4.79 Å². The van der Waals surface area contributed by atoms with E-state index < -0.39 is 0 Å². The van der Waals surface area contributed by atoms with Gasteiger partial charge >= 0.3 is 6.03 Å². The fraction of sp³-hybridized carbons (Fsp3) is 0.682. The van der Waals surface area contributed by atoms with Crippen LogP contribution in [0.3, 0.4) is 0 Å². The second-order valence-electron chi connectivity index (χ2n) is 8.55. The van der Waals surface area contributed by atoms with Crippen LogP contribution in [0, 0.1) is 0 Å². The Morgan fingerprint density at radius 1 is 1.32 bits per heavy atom. The summed E-state index contributed by atoms with van der Waals surface area (Å²) in [6.45, 7) is 6.20. The molecule has 4 rings (SSSR count). The van der Waals surface area contributed by atoms with Crippen LogP contribution in [0.25, 0.3) is 0 Å². The molecule has 0 aromatic heterocycles. The van der Waals surface area contributed by atoms with Crippen molar-refractivity contribution in [3.8, 4) is 5.75 Å². The van der Waals surface area contributed by atoms with Gasteiger partial charge in [0.25, 0.3) is 0 Å². The number of rotatable bonds is 5. The van der Waals surface area contributed by atoms with Crippen LogP contribution in [-0.4, -0.2) is 67.4 Å². The average molecular weight is 388 g/mol. The van der Waals surface area contributed by atoms with Crippen LogP contribution in [0.5, 0.6) is 5.75 Å². The van der Waals surface area contributed by atoms with E-state index in [2.05, 4.69) is 29.3 Å². The van der Waals surface area contributed by atoms with E-state index in [1.165, 1.54) is 24.8 Å². The zero-order chi connectivity index (χ0) is 19.6. The number of amides is 2. The third-order valence-electron chi connectivity index (χ3n) is 6.65. The number of likely N-dealkylation sites (tertiary alicyclic amines) is 1. The predicted octanol–water partition coefficient (Wildman–Crippen LogP) is 3.19. The maximum Gasteiger partial charge on any atom is 0.317 e. The van der Waals surface area contributed by atoms with Crippen LogP contribution in [0.1, 0.15) is 50.6 Å². The van der Waals surface area contributed by atoms with Crippen molar-refractivity contribution in [2.45, 2.75) is 56.7 Å². The number of hydrogen-bond acceptors (Lipinski definition) is 4. The number of nitrogens with one attached hydrogen (secondary N) is 1. The summed E-state index contributed by atoms with van der Waals surface area (Å²) in [5, 5.41) is 3.23. The molecule has 1 aromatic rings. The van der Waals surface area contributed by atoms with Crippen molar-refractivity contribution in [2.75, 3.05) is 39.9 Å². The van der Waals surface area contributed by atoms with Gasteiger partial charge in [-0.1, -0.05) is 12.1 Å². The number of urea groups is 1. The van der Waals surface area contributed by atoms with Gasteiger partial charge in [0.15, 0.2) is 0 Å². The van der Waals surface area contributed by atoms with E-state index in [0.29, 0.717) is 19.7 Å². The van der Waals surface area contributed by atoms with Crippen molar-refractivity contribution in [1.29, 1.82) is 0 Å². The third kappa shape index (κ3) is 3.98. The minimum atomic E-state index is -0.0784. The van der Waals surface area contributed by atoms with E-state index in [9.17, 15) is 4.79 Å². The highest BCUT2D eigenvalue weighted by Gasteiger charge is 2.45. The van der Waals surface area contributed by atoms with E-state index in [-0.39, 0.29) is 23.7 Å². The topological polar surface area (TPSA) is 54.0 Å². The fourth-order valence-electron chi connectivity index (χ4n) is 4.69. The van der Waals surface area contributed by atoms with Crippen LogP contribution in [-0.2, 0) is 4.74 Å². The molecule has 1 aliphatic carbocycles. The Bertz CT molecular complexity index is 685. The molecule has 2 atom stereocenters. The zero-order valence-electron chi connectivity index (χ0n) is 17.2. The molecule has 1 N–H and O–H groups in total. The van der Waals surface area contributed by atoms with Gasteiger partial charge in [0.2, 0.25) is 0 Å². The second kappa shape index (κ2) is 8.29. The summed E-state index contributed by atoms with van der Waals surface area (Å²) >= 11 is 0. The van der Waals surface area contributed by atoms with E-state index in [1.807, 2.05) is 17.0 Å². The molecule has 3 aliphatic rings. The number of nitrogens with zero attached hydrogens (tertiary/aromatic N) is 2. The zero-order valence-corrected chi connectivity index (χ0v) is 17.2. The summed E-state index contributed by atoms with van der Waals surface area (Å²) in [5.74, 6) is 0.863. The molecule has 1 spiro atoms. The number of methoxy groups -OCH3 is 1. The van der Waals surface area contributed by atoms with Gasteiger partial charge in [-0.15, -0.1) is 0 Å². The lowest BCUT2D eigenvalue weighted by Gasteiger charge is -2.50. The van der Waals surface area contributed by atoms with Gasteiger partial charge in [-0.05, 0) is 69.8 Å². The fourth-order valence-corrected chi connectivity index (χ4v) is 4.69. The Balaban J connectivity index is 1.43. The van der Waals surface area contributed by atoms with E-state index in [0.717, 1.165) is 31.7 Å². The van der Waals surface area contributed by atoms with Gasteiger partial charge in [0.05, 0.1) is 37.9 Å². The maximum absolute atomic E-state index is 13.0. The number of morpholine rings is 1. The summed E-state index contributed by atoms with van der Waals surface area (Å²) in [6, 6.07) is 8.56. The van der Waals surface area contributed by atoms with Gasteiger partial charge < -0.3 is 19.7 Å². The minimum absolute atomic E-state index is 0.0363. The number of carbonyl (C=O) groups is 1. The third-order valence-corrected chi connectivity index (χ3v) is 6.65. The molecule has 0 radical (unpaired) electrons. The summed E-state index contributed by atoms with van der Waals surface area (Å²) in [4.78, 5) is 17.5. The van der Waals surface area contributed by atoms with Crippen LogP contribution in [0.15, 0.2) is 24.3 Å². The van der Waals surface area contributed by atoms with E-state index in [1.54, 1.807) is 7.11 Å². The molecule has 28 heavy (non-hydrogen) atoms. The Kier molecular flexibility index (Phi) is 5.78. The summed E-state index contributed by atoms with van der Waals surface area (Å²) in [7, 11) is 1.70. The normalized spacial score (nSPS) is 25.4. The van der Waals surface area contributed by atoms with Gasteiger partial charge in [-0.3, -0.25) is 4.90 Å². The number of ether oxygens (including phenoxy) is 2. The van der Waals surface area contributed by atoms with E-state index >= 15 is 0 Å². The maximum atomic E-state index is 13.0. The van der Waals surface area contributed by atoms with Crippen molar-refractivity contribution in [1.82, 2.24) is 15.1 Å². The number of hydrogen-bond donors (Lipinski definition) is 1. The highest BCUT2D eigenvalue weighted by Crippen LogP contribution is 2.39. The predicted molar refractivity (Wildman–Crippen MR) is 109 cm³/mol. The van der Waals surface area contributed by atoms with Crippen molar-refractivity contribution in [2.24, 2.45) is 0 Å². The lowest BCUT2D eigenvalue weighted by molar-refractivity contribution is -0.157. The molecule has 6 nitrogen and oxygen atoms in total. The molecule has 2 heterocycles. The molecule has 2 unspecified atom stereocenters. The molecule has 1 aromatic carbocycles. The Morgan fingerprint density at radius 3 is 2.79 bits per heavy atom. The molecule has 6 heteroatoms. The van der Waals surface area contributed by atoms with Crippen LogP contribution >= 0.6 is 0 Å². The molecular formula is C22H33N3O3. The molecule has 2 saturated heterocycles. The Labute approximate surface area is 168 Å². The first kappa shape index (κ1) is 19.5. The van der Waals surface area contributed by atoms with Gasteiger partial charge in [0.1, 0.15) is 5.75 Å². The highest BCUT2D eigenvalue weighted by molar-refractivity contribution is 5.75. The van der Waals surface area contributed by atoms with Crippen molar-refractivity contribution < 1.29 is 14.3 Å². The summed E-state index contributed by atoms with van der Waals surface area (Å²) in [6.07, 6.45) is 5.79. The number of benzene rings is 1. The lowest BCUT2D eigenvalue weighted by atomic mass is 9.78. The van der Waals surface area contributed by atoms with Crippen LogP contribution < -0.4 is 10.1 Å². The molecule has 1 saturated carbocycles. The van der Waals surface area contributed by atoms with Crippen molar-refractivity contribution in [3.63, 3.8) is 0 Å². The smallest absolute Gasteiger partial charge is 0.317 e. The van der Waals surface area contributed by atoms with Gasteiger partial charge in [0, 0.05) is 6.54 Å². The van der Waals surface area contributed by atoms with Crippen LogP contribution in [0.4, 0.5) is 4.79 Å². The molecule has 3 fully saturated rings. The summed E-state index contributed by atoms with van der Waals surface area (Å²) in [5.41, 5.74) is 1.12. The molecule has 2 aliphatic heterocycles. The first-order chi connectivity index (χ1) is 13.6. The standard InChI is InChI=1S/C22H33N3O3/c1-17-15-28-22(9-6-10-22)16-25(17)21(26)23-14-20(24-11-3-4-12-24)18-7-5-8-19(13-18)27-2/h5,7-8,13,17,20H,3-4,6,9-12,14-16H2,1-2H3,(H,23,26). The Morgan fingerprint density at radius 2 is 2.11 bits per heavy atom. The average Bonchev–Trinajstić information content (AvgIpc) is 3.22. The largest absolute Gasteiger partial charge is 0.497 e. The van der Waals surface area contributed by atoms with Crippen molar-refractivity contribution in [3.05, 3.63) is 29.8 Å². The first-order valence-electron chi connectivity index (χ1n) is 10.7. The quantitative estimate of drug-likeness (QED) is 0.843. The first-order valence-corrected chi connectivity index (χ1v) is 10.7. The SMILES string of the molecule is COc1cccc(C(CNC(=O)N2CC3(CCC3)OCC2C)N2CCCC2)c1. The highest BCUT2D eigenvalue weighted by atomic mass is 16.5.